The number of nitrogens with zero attached hydrogens (tertiary/aromatic N) is 3. The number of aromatic nitrogens is 2. The van der Waals surface area contributed by atoms with E-state index in [1.807, 2.05) is 13.8 Å². The Bertz CT molecular complexity index is 522. The summed E-state index contributed by atoms with van der Waals surface area (Å²) in [6.07, 6.45) is 2.21. The quantitative estimate of drug-likeness (QED) is 0.912. The van der Waals surface area contributed by atoms with E-state index < -0.39 is 12.0 Å². The van der Waals surface area contributed by atoms with Gasteiger partial charge in [0, 0.05) is 19.3 Å². The zero-order chi connectivity index (χ0) is 14.9. The van der Waals surface area contributed by atoms with Crippen molar-refractivity contribution in [3.63, 3.8) is 0 Å². The summed E-state index contributed by atoms with van der Waals surface area (Å²) in [4.78, 5) is 25.2. The molecule has 0 bridgehead atoms. The lowest BCUT2D eigenvalue weighted by molar-refractivity contribution is -0.143. The van der Waals surface area contributed by atoms with Crippen LogP contribution >= 0.6 is 0 Å². The number of carboxylic acids is 1. The molecule has 1 unspecified atom stereocenters. The van der Waals surface area contributed by atoms with Gasteiger partial charge in [-0.15, -0.1) is 0 Å². The number of aryl methyl sites for hydroxylation is 1. The third-order valence-corrected chi connectivity index (χ3v) is 3.78. The molecule has 1 fully saturated rings. The molecule has 0 radical (unpaired) electrons. The maximum atomic E-state index is 12.5. The molecule has 110 valence electrons. The van der Waals surface area contributed by atoms with E-state index in [0.29, 0.717) is 18.7 Å². The van der Waals surface area contributed by atoms with Gasteiger partial charge in [0.05, 0.1) is 0 Å². The highest BCUT2D eigenvalue weighted by molar-refractivity contribution is 5.95. The van der Waals surface area contributed by atoms with Crippen molar-refractivity contribution in [3.8, 4) is 0 Å². The smallest absolute Gasteiger partial charge is 0.326 e. The number of hydrogen-bond acceptors (Lipinski definition) is 3. The van der Waals surface area contributed by atoms with Crippen LogP contribution in [0.5, 0.6) is 0 Å². The van der Waals surface area contributed by atoms with Crippen LogP contribution in [0.15, 0.2) is 6.07 Å². The number of carbonyl (C=O) groups excluding carboxylic acids is 1. The molecule has 1 saturated heterocycles. The molecule has 2 rings (SSSR count). The molecule has 1 atom stereocenters. The molecule has 6 nitrogen and oxygen atoms in total. The lowest BCUT2D eigenvalue weighted by Crippen LogP contribution is -2.48. The van der Waals surface area contributed by atoms with Crippen LogP contribution < -0.4 is 0 Å². The number of carbonyl (C=O) groups is 2. The van der Waals surface area contributed by atoms with Gasteiger partial charge in [-0.25, -0.2) is 4.79 Å². The molecule has 1 aromatic rings. The summed E-state index contributed by atoms with van der Waals surface area (Å²) in [5, 5.41) is 13.5. The molecule has 2 heterocycles. The highest BCUT2D eigenvalue weighted by Gasteiger charge is 2.33. The van der Waals surface area contributed by atoms with Crippen LogP contribution in [-0.4, -0.2) is 44.3 Å². The minimum atomic E-state index is -0.932. The van der Waals surface area contributed by atoms with Gasteiger partial charge in [0.15, 0.2) is 5.69 Å². The van der Waals surface area contributed by atoms with Crippen molar-refractivity contribution in [1.29, 1.82) is 0 Å². The van der Waals surface area contributed by atoms with Gasteiger partial charge in [0.2, 0.25) is 0 Å². The number of amides is 1. The summed E-state index contributed by atoms with van der Waals surface area (Å²) in [5.41, 5.74) is 1.31. The summed E-state index contributed by atoms with van der Waals surface area (Å²) >= 11 is 0. The van der Waals surface area contributed by atoms with Gasteiger partial charge in [-0.05, 0) is 31.2 Å². The summed E-state index contributed by atoms with van der Waals surface area (Å²) < 4.78 is 1.69. The van der Waals surface area contributed by atoms with Crippen molar-refractivity contribution in [1.82, 2.24) is 14.7 Å². The Morgan fingerprint density at radius 3 is 2.65 bits per heavy atom. The molecule has 1 aliphatic heterocycles. The highest BCUT2D eigenvalue weighted by Crippen LogP contribution is 2.21. The molecular formula is C14H21N3O3. The van der Waals surface area contributed by atoms with Gasteiger partial charge >= 0.3 is 5.97 Å². The predicted molar refractivity (Wildman–Crippen MR) is 73.6 cm³/mol. The van der Waals surface area contributed by atoms with Crippen LogP contribution in [-0.2, 0) is 11.8 Å². The van der Waals surface area contributed by atoms with Gasteiger partial charge in [0.1, 0.15) is 6.04 Å². The number of hydrogen-bond donors (Lipinski definition) is 1. The van der Waals surface area contributed by atoms with Crippen molar-refractivity contribution in [2.45, 2.75) is 45.1 Å². The highest BCUT2D eigenvalue weighted by atomic mass is 16.4. The standard InChI is InChI=1S/C14H21N3O3/c1-9(2)12-8-10(15-16(12)3)13(18)17-7-5-4-6-11(17)14(19)20/h8-9,11H,4-7H2,1-3H3,(H,19,20). The van der Waals surface area contributed by atoms with E-state index in [9.17, 15) is 14.7 Å². The van der Waals surface area contributed by atoms with Crippen molar-refractivity contribution in [2.75, 3.05) is 6.54 Å². The summed E-state index contributed by atoms with van der Waals surface area (Å²) in [6, 6.07) is 1.04. The third-order valence-electron chi connectivity index (χ3n) is 3.78. The minimum Gasteiger partial charge on any atom is -0.480 e. The molecule has 0 spiro atoms. The maximum absolute atomic E-state index is 12.5. The van der Waals surface area contributed by atoms with Crippen LogP contribution in [0.25, 0.3) is 0 Å². The Morgan fingerprint density at radius 1 is 1.40 bits per heavy atom. The fourth-order valence-corrected chi connectivity index (χ4v) is 2.71. The summed E-state index contributed by atoms with van der Waals surface area (Å²) in [6.45, 7) is 4.56. The number of carboxylic acid groups (broad SMARTS) is 1. The van der Waals surface area contributed by atoms with E-state index in [2.05, 4.69) is 5.10 Å². The Hall–Kier alpha value is -1.85. The number of piperidine rings is 1. The molecule has 1 aromatic heterocycles. The second-order valence-electron chi connectivity index (χ2n) is 5.58. The molecule has 20 heavy (non-hydrogen) atoms. The average molecular weight is 279 g/mol. The van der Waals surface area contributed by atoms with Crippen LogP contribution in [0.4, 0.5) is 0 Å². The molecule has 0 aromatic carbocycles. The van der Waals surface area contributed by atoms with Crippen molar-refractivity contribution in [2.24, 2.45) is 7.05 Å². The molecule has 1 aliphatic rings. The zero-order valence-electron chi connectivity index (χ0n) is 12.2. The van der Waals surface area contributed by atoms with Crippen LogP contribution in [0.1, 0.15) is 55.2 Å². The molecule has 1 N–H and O–H groups in total. The molecule has 0 aliphatic carbocycles. The normalized spacial score (nSPS) is 19.4. The fourth-order valence-electron chi connectivity index (χ4n) is 2.71. The van der Waals surface area contributed by atoms with Crippen LogP contribution in [0.3, 0.4) is 0 Å². The first-order chi connectivity index (χ1) is 9.41. The molecule has 0 saturated carbocycles. The SMILES string of the molecule is CC(C)c1cc(C(=O)N2CCCCC2C(=O)O)nn1C. The fraction of sp³-hybridized carbons (Fsp3) is 0.643. The minimum absolute atomic E-state index is 0.269. The van der Waals surface area contributed by atoms with E-state index >= 15 is 0 Å². The Labute approximate surface area is 118 Å². The van der Waals surface area contributed by atoms with E-state index in [1.54, 1.807) is 17.8 Å². The molecule has 6 heteroatoms. The lowest BCUT2D eigenvalue weighted by atomic mass is 10.0. The number of rotatable bonds is 3. The van der Waals surface area contributed by atoms with Crippen molar-refractivity contribution in [3.05, 3.63) is 17.5 Å². The second kappa shape index (κ2) is 5.64. The first-order valence-electron chi connectivity index (χ1n) is 6.99. The Kier molecular flexibility index (Phi) is 4.11. The average Bonchev–Trinajstić information content (AvgIpc) is 2.80. The van der Waals surface area contributed by atoms with E-state index in [1.165, 1.54) is 4.90 Å². The summed E-state index contributed by atoms with van der Waals surface area (Å²) in [5.74, 6) is -0.941. The maximum Gasteiger partial charge on any atom is 0.326 e. The van der Waals surface area contributed by atoms with Crippen molar-refractivity contribution >= 4 is 11.9 Å². The Balaban J connectivity index is 2.25. The number of likely N-dealkylation sites (tertiary alicyclic amines) is 1. The lowest BCUT2D eigenvalue weighted by Gasteiger charge is -2.32. The van der Waals surface area contributed by atoms with Crippen molar-refractivity contribution < 1.29 is 14.7 Å². The Morgan fingerprint density at radius 2 is 2.10 bits per heavy atom. The largest absolute Gasteiger partial charge is 0.480 e. The van der Waals surface area contributed by atoms with Gasteiger partial charge in [-0.3, -0.25) is 9.48 Å². The summed E-state index contributed by atoms with van der Waals surface area (Å²) in [7, 11) is 1.80. The first kappa shape index (κ1) is 14.6. The van der Waals surface area contributed by atoms with Gasteiger partial charge < -0.3 is 10.0 Å². The van der Waals surface area contributed by atoms with E-state index in [0.717, 1.165) is 18.5 Å². The second-order valence-corrected chi connectivity index (χ2v) is 5.58. The molecular weight excluding hydrogens is 258 g/mol. The van der Waals surface area contributed by atoms with Crippen LogP contribution in [0, 0.1) is 0 Å². The monoisotopic (exact) mass is 279 g/mol. The van der Waals surface area contributed by atoms with E-state index in [4.69, 9.17) is 0 Å². The molecule has 1 amide bonds. The predicted octanol–water partition coefficient (Wildman–Crippen LogP) is 1.62. The van der Waals surface area contributed by atoms with Gasteiger partial charge in [0.25, 0.3) is 5.91 Å². The number of aliphatic carboxylic acids is 1. The van der Waals surface area contributed by atoms with Gasteiger partial charge in [-0.2, -0.15) is 5.10 Å². The van der Waals surface area contributed by atoms with E-state index in [-0.39, 0.29) is 11.8 Å². The zero-order valence-corrected chi connectivity index (χ0v) is 12.2. The topological polar surface area (TPSA) is 75.4 Å². The third kappa shape index (κ3) is 2.69. The van der Waals surface area contributed by atoms with Crippen LogP contribution in [0.2, 0.25) is 0 Å². The van der Waals surface area contributed by atoms with Gasteiger partial charge in [-0.1, -0.05) is 13.8 Å². The first-order valence-corrected chi connectivity index (χ1v) is 6.99.